The van der Waals surface area contributed by atoms with Crippen molar-refractivity contribution in [2.75, 3.05) is 6.26 Å². The van der Waals surface area contributed by atoms with Gasteiger partial charge in [0.05, 0.1) is 0 Å². The molecule has 0 spiro atoms. The summed E-state index contributed by atoms with van der Waals surface area (Å²) in [5.74, 6) is 0. The van der Waals surface area contributed by atoms with Crippen molar-refractivity contribution < 1.29 is 0 Å². The van der Waals surface area contributed by atoms with Crippen LogP contribution in [0, 0.1) is 6.92 Å². The molecule has 0 amide bonds. The number of nitrogens with zero attached hydrogens (tertiary/aromatic N) is 2. The number of aromatic nitrogens is 2. The van der Waals surface area contributed by atoms with Crippen LogP contribution < -0.4 is 0 Å². The van der Waals surface area contributed by atoms with Gasteiger partial charge in [0.1, 0.15) is 16.4 Å². The lowest BCUT2D eigenvalue weighted by Crippen LogP contribution is -1.85. The third-order valence-electron chi connectivity index (χ3n) is 2.97. The van der Waals surface area contributed by atoms with Gasteiger partial charge in [-0.2, -0.15) is 0 Å². The average molecular weight is 254 g/mol. The van der Waals surface area contributed by atoms with Crippen molar-refractivity contribution in [3.8, 4) is 11.3 Å². The van der Waals surface area contributed by atoms with Crippen molar-refractivity contribution in [2.45, 2.75) is 11.9 Å². The summed E-state index contributed by atoms with van der Waals surface area (Å²) in [7, 11) is 0. The van der Waals surface area contributed by atoms with E-state index in [0.717, 1.165) is 11.3 Å². The van der Waals surface area contributed by atoms with E-state index in [1.807, 2.05) is 18.2 Å². The van der Waals surface area contributed by atoms with Crippen LogP contribution in [-0.4, -0.2) is 15.6 Å². The predicted molar refractivity (Wildman–Crippen MR) is 77.1 cm³/mol. The Morgan fingerprint density at radius 3 is 2.78 bits per heavy atom. The van der Waals surface area contributed by atoms with Crippen LogP contribution in [0.25, 0.3) is 16.9 Å². The number of pyridine rings is 1. The number of aryl methyl sites for hydroxylation is 1. The van der Waals surface area contributed by atoms with Crippen molar-refractivity contribution in [3.05, 3.63) is 54.2 Å². The van der Waals surface area contributed by atoms with E-state index < -0.39 is 0 Å². The minimum atomic E-state index is 0.998. The molecule has 0 fully saturated rings. The van der Waals surface area contributed by atoms with Gasteiger partial charge in [0.15, 0.2) is 0 Å². The molecule has 0 saturated carbocycles. The largest absolute Gasteiger partial charge is 0.294 e. The van der Waals surface area contributed by atoms with Gasteiger partial charge in [0, 0.05) is 11.8 Å². The van der Waals surface area contributed by atoms with Gasteiger partial charge in [-0.15, -0.1) is 11.8 Å². The minimum absolute atomic E-state index is 0.998. The smallest absolute Gasteiger partial charge is 0.138 e. The average Bonchev–Trinajstić information content (AvgIpc) is 2.77. The zero-order valence-corrected chi connectivity index (χ0v) is 11.2. The lowest BCUT2D eigenvalue weighted by atomic mass is 10.1. The molecule has 2 aromatic heterocycles. The van der Waals surface area contributed by atoms with Crippen LogP contribution in [0.4, 0.5) is 0 Å². The molecule has 0 aliphatic heterocycles. The van der Waals surface area contributed by atoms with Crippen LogP contribution in [0.3, 0.4) is 0 Å². The zero-order valence-electron chi connectivity index (χ0n) is 10.4. The Balaban J connectivity index is 2.28. The topological polar surface area (TPSA) is 17.3 Å². The molecule has 2 nitrogen and oxygen atoms in total. The van der Waals surface area contributed by atoms with Gasteiger partial charge in [-0.3, -0.25) is 4.40 Å². The van der Waals surface area contributed by atoms with Gasteiger partial charge in [-0.25, -0.2) is 4.98 Å². The molecule has 3 rings (SSSR count). The van der Waals surface area contributed by atoms with Gasteiger partial charge in [0.25, 0.3) is 0 Å². The SMILES string of the molecule is CSc1c(-c2cccc(C)c2)nc2ccccn12. The number of hydrogen-bond donors (Lipinski definition) is 0. The number of imidazole rings is 1. The summed E-state index contributed by atoms with van der Waals surface area (Å²) in [5, 5.41) is 1.19. The van der Waals surface area contributed by atoms with Gasteiger partial charge < -0.3 is 0 Å². The highest BCUT2D eigenvalue weighted by molar-refractivity contribution is 7.98. The summed E-state index contributed by atoms with van der Waals surface area (Å²) in [4.78, 5) is 4.74. The molecule has 2 heterocycles. The summed E-state index contributed by atoms with van der Waals surface area (Å²) in [6.45, 7) is 2.11. The maximum absolute atomic E-state index is 4.74. The Morgan fingerprint density at radius 2 is 2.00 bits per heavy atom. The Hall–Kier alpha value is -1.74. The van der Waals surface area contributed by atoms with Crippen molar-refractivity contribution in [1.29, 1.82) is 0 Å². The summed E-state index contributed by atoms with van der Waals surface area (Å²) in [5.41, 5.74) is 4.51. The molecule has 0 unspecified atom stereocenters. The van der Waals surface area contributed by atoms with Gasteiger partial charge >= 0.3 is 0 Å². The number of benzene rings is 1. The molecule has 0 radical (unpaired) electrons. The third kappa shape index (κ3) is 1.81. The Kier molecular flexibility index (Phi) is 2.84. The number of hydrogen-bond acceptors (Lipinski definition) is 2. The first-order chi connectivity index (χ1) is 8.79. The van der Waals surface area contributed by atoms with E-state index in [4.69, 9.17) is 4.98 Å². The second-order valence-corrected chi connectivity index (χ2v) is 5.06. The second kappa shape index (κ2) is 4.50. The van der Waals surface area contributed by atoms with Gasteiger partial charge in [0.2, 0.25) is 0 Å². The Labute approximate surface area is 111 Å². The van der Waals surface area contributed by atoms with Crippen LogP contribution >= 0.6 is 11.8 Å². The van der Waals surface area contributed by atoms with Crippen LogP contribution in [0.1, 0.15) is 5.56 Å². The highest BCUT2D eigenvalue weighted by atomic mass is 32.2. The van der Waals surface area contributed by atoms with Crippen molar-refractivity contribution in [2.24, 2.45) is 0 Å². The van der Waals surface area contributed by atoms with Crippen molar-refractivity contribution in [3.63, 3.8) is 0 Å². The summed E-state index contributed by atoms with van der Waals surface area (Å²) in [6.07, 6.45) is 4.16. The summed E-state index contributed by atoms with van der Waals surface area (Å²) >= 11 is 1.73. The zero-order chi connectivity index (χ0) is 12.5. The molecule has 0 N–H and O–H groups in total. The maximum atomic E-state index is 4.74. The number of fused-ring (bicyclic) bond motifs is 1. The summed E-state index contributed by atoms with van der Waals surface area (Å²) < 4.78 is 2.14. The molecule has 3 aromatic rings. The first kappa shape index (κ1) is 11.4. The van der Waals surface area contributed by atoms with Crippen LogP contribution in [-0.2, 0) is 0 Å². The van der Waals surface area contributed by atoms with E-state index >= 15 is 0 Å². The van der Waals surface area contributed by atoms with E-state index in [1.165, 1.54) is 16.2 Å². The van der Waals surface area contributed by atoms with E-state index in [9.17, 15) is 0 Å². The highest BCUT2D eigenvalue weighted by Gasteiger charge is 2.12. The molecule has 3 heteroatoms. The molecule has 0 aliphatic carbocycles. The van der Waals surface area contributed by atoms with E-state index in [0.29, 0.717) is 0 Å². The van der Waals surface area contributed by atoms with Crippen LogP contribution in [0.5, 0.6) is 0 Å². The van der Waals surface area contributed by atoms with Crippen molar-refractivity contribution >= 4 is 17.4 Å². The lowest BCUT2D eigenvalue weighted by molar-refractivity contribution is 1.05. The fourth-order valence-electron chi connectivity index (χ4n) is 2.15. The molecule has 0 atom stereocenters. The maximum Gasteiger partial charge on any atom is 0.138 e. The predicted octanol–water partition coefficient (Wildman–Crippen LogP) is 4.03. The number of rotatable bonds is 2. The highest BCUT2D eigenvalue weighted by Crippen LogP contribution is 2.30. The standard InChI is InChI=1S/C15H14N2S/c1-11-6-5-7-12(10-11)14-15(18-2)17-9-4-3-8-13(17)16-14/h3-10H,1-2H3. The lowest BCUT2D eigenvalue weighted by Gasteiger charge is -2.02. The van der Waals surface area contributed by atoms with Gasteiger partial charge in [-0.1, -0.05) is 29.8 Å². The molecule has 0 saturated heterocycles. The summed E-state index contributed by atoms with van der Waals surface area (Å²) in [6, 6.07) is 14.6. The van der Waals surface area contributed by atoms with Gasteiger partial charge in [-0.05, 0) is 31.4 Å². The quantitative estimate of drug-likeness (QED) is 0.642. The van der Waals surface area contributed by atoms with Crippen molar-refractivity contribution in [1.82, 2.24) is 9.38 Å². The Morgan fingerprint density at radius 1 is 1.11 bits per heavy atom. The third-order valence-corrected chi connectivity index (χ3v) is 3.75. The monoisotopic (exact) mass is 254 g/mol. The minimum Gasteiger partial charge on any atom is -0.294 e. The molecule has 18 heavy (non-hydrogen) atoms. The fourth-order valence-corrected chi connectivity index (χ4v) is 2.86. The molecule has 0 aliphatic rings. The molecule has 1 aromatic carbocycles. The molecular weight excluding hydrogens is 240 g/mol. The normalized spacial score (nSPS) is 11.0. The molecule has 90 valence electrons. The van der Waals surface area contributed by atoms with Crippen LogP contribution in [0.2, 0.25) is 0 Å². The fraction of sp³-hybridized carbons (Fsp3) is 0.133. The molecular formula is C15H14N2S. The first-order valence-corrected chi connectivity index (χ1v) is 7.10. The van der Waals surface area contributed by atoms with E-state index in [1.54, 1.807) is 11.8 Å². The second-order valence-electron chi connectivity index (χ2n) is 4.27. The number of thioether (sulfide) groups is 1. The van der Waals surface area contributed by atoms with E-state index in [2.05, 4.69) is 48.0 Å². The van der Waals surface area contributed by atoms with E-state index in [-0.39, 0.29) is 0 Å². The molecule has 0 bridgehead atoms. The van der Waals surface area contributed by atoms with Crippen LogP contribution in [0.15, 0.2) is 53.7 Å². The first-order valence-electron chi connectivity index (χ1n) is 5.88. The Bertz CT molecular complexity index is 701.